The number of ether oxygens (including phenoxy) is 1. The molecule has 0 atom stereocenters. The number of hydrogen-bond acceptors (Lipinski definition) is 5. The van der Waals surface area contributed by atoms with Crippen LogP contribution in [0.15, 0.2) is 78.4 Å². The van der Waals surface area contributed by atoms with Gasteiger partial charge in [0.25, 0.3) is 0 Å². The first-order valence-corrected chi connectivity index (χ1v) is 13.0. The maximum atomic E-state index is 12.6. The number of aryl methyl sites for hydroxylation is 2. The number of anilines is 1. The number of rotatable bonds is 10. The van der Waals surface area contributed by atoms with Crippen LogP contribution in [0.2, 0.25) is 0 Å². The van der Waals surface area contributed by atoms with Crippen LogP contribution in [0.5, 0.6) is 0 Å². The second kappa shape index (κ2) is 11.8. The largest absolute Gasteiger partial charge is 0.465 e. The van der Waals surface area contributed by atoms with Crippen LogP contribution in [0, 0.1) is 6.92 Å². The third-order valence-electron chi connectivity index (χ3n) is 6.26. The minimum absolute atomic E-state index is 0.318. The molecular weight excluding hydrogens is 452 g/mol. The van der Waals surface area contributed by atoms with Crippen molar-refractivity contribution >= 4 is 23.0 Å². The highest BCUT2D eigenvalue weighted by Crippen LogP contribution is 2.31. The van der Waals surface area contributed by atoms with Gasteiger partial charge in [-0.15, -0.1) is 11.3 Å². The minimum atomic E-state index is -0.318. The number of carbonyl (C=O) groups excluding carboxylic acids is 1. The van der Waals surface area contributed by atoms with Gasteiger partial charge in [-0.3, -0.25) is 4.98 Å². The van der Waals surface area contributed by atoms with Crippen molar-refractivity contribution in [3.05, 3.63) is 106 Å². The quantitative estimate of drug-likeness (QED) is 0.219. The smallest absolute Gasteiger partial charge is 0.338 e. The second-order valence-corrected chi connectivity index (χ2v) is 9.71. The van der Waals surface area contributed by atoms with E-state index in [1.54, 1.807) is 11.3 Å². The SMILES string of the molecule is CCCCc1ccccc1N(Cc1ccc(C(=O)OC)c(-c2ccccc2C)c1)Cc1cncs1. The molecule has 0 bridgehead atoms. The highest BCUT2D eigenvalue weighted by molar-refractivity contribution is 7.09. The van der Waals surface area contributed by atoms with Crippen molar-refractivity contribution in [3.8, 4) is 11.1 Å². The van der Waals surface area contributed by atoms with Gasteiger partial charge < -0.3 is 9.64 Å². The number of esters is 1. The lowest BCUT2D eigenvalue weighted by molar-refractivity contribution is 0.0601. The van der Waals surface area contributed by atoms with E-state index in [9.17, 15) is 4.79 Å². The Labute approximate surface area is 212 Å². The lowest BCUT2D eigenvalue weighted by Crippen LogP contribution is -2.23. The van der Waals surface area contributed by atoms with Gasteiger partial charge in [0.1, 0.15) is 0 Å². The van der Waals surface area contributed by atoms with Crippen LogP contribution in [0.4, 0.5) is 5.69 Å². The van der Waals surface area contributed by atoms with E-state index in [4.69, 9.17) is 4.74 Å². The number of nitrogens with zero attached hydrogens (tertiary/aromatic N) is 2. The molecule has 35 heavy (non-hydrogen) atoms. The standard InChI is InChI=1S/C30H32N2O2S/c1-4-5-11-24-12-7-9-14-29(24)32(20-25-18-31-21-35-25)19-23-15-16-27(30(33)34-3)28(17-23)26-13-8-6-10-22(26)2/h6-10,12-18,21H,4-5,11,19-20H2,1-3H3. The summed E-state index contributed by atoms with van der Waals surface area (Å²) in [5.74, 6) is -0.318. The first kappa shape index (κ1) is 24.7. The van der Waals surface area contributed by atoms with Crippen LogP contribution in [0.25, 0.3) is 11.1 Å². The summed E-state index contributed by atoms with van der Waals surface area (Å²) in [5, 5.41) is 0. The van der Waals surface area contributed by atoms with Crippen LogP contribution in [-0.4, -0.2) is 18.1 Å². The summed E-state index contributed by atoms with van der Waals surface area (Å²) in [5.41, 5.74) is 9.32. The molecule has 0 saturated carbocycles. The van der Waals surface area contributed by atoms with Gasteiger partial charge in [-0.1, -0.05) is 61.9 Å². The van der Waals surface area contributed by atoms with Gasteiger partial charge in [0.15, 0.2) is 0 Å². The summed E-state index contributed by atoms with van der Waals surface area (Å²) in [4.78, 5) is 20.5. The summed E-state index contributed by atoms with van der Waals surface area (Å²) in [7, 11) is 1.43. The highest BCUT2D eigenvalue weighted by atomic mass is 32.1. The molecule has 1 aromatic heterocycles. The zero-order chi connectivity index (χ0) is 24.6. The number of para-hydroxylation sites is 1. The van der Waals surface area contributed by atoms with E-state index in [1.165, 1.54) is 23.2 Å². The van der Waals surface area contributed by atoms with Gasteiger partial charge >= 0.3 is 5.97 Å². The fraction of sp³-hybridized carbons (Fsp3) is 0.267. The molecule has 4 rings (SSSR count). The Morgan fingerprint density at radius 1 is 1.00 bits per heavy atom. The molecule has 0 N–H and O–H groups in total. The molecule has 4 nitrogen and oxygen atoms in total. The summed E-state index contributed by atoms with van der Waals surface area (Å²) in [6.45, 7) is 5.81. The van der Waals surface area contributed by atoms with E-state index >= 15 is 0 Å². The zero-order valence-corrected chi connectivity index (χ0v) is 21.5. The molecule has 3 aromatic carbocycles. The van der Waals surface area contributed by atoms with E-state index in [-0.39, 0.29) is 5.97 Å². The Bertz CT molecular complexity index is 1270. The normalized spacial score (nSPS) is 10.8. The van der Waals surface area contributed by atoms with Crippen molar-refractivity contribution in [3.63, 3.8) is 0 Å². The van der Waals surface area contributed by atoms with Gasteiger partial charge in [0.05, 0.1) is 24.7 Å². The number of methoxy groups -OCH3 is 1. The zero-order valence-electron chi connectivity index (χ0n) is 20.7. The van der Waals surface area contributed by atoms with Crippen molar-refractivity contribution in [2.24, 2.45) is 0 Å². The fourth-order valence-electron chi connectivity index (χ4n) is 4.43. The maximum Gasteiger partial charge on any atom is 0.338 e. The molecule has 5 heteroatoms. The lowest BCUT2D eigenvalue weighted by Gasteiger charge is -2.27. The van der Waals surface area contributed by atoms with Gasteiger partial charge in [0, 0.05) is 23.3 Å². The Kier molecular flexibility index (Phi) is 8.32. The second-order valence-electron chi connectivity index (χ2n) is 8.74. The van der Waals surface area contributed by atoms with Gasteiger partial charge in [-0.25, -0.2) is 4.79 Å². The Hall–Kier alpha value is -3.44. The Morgan fingerprint density at radius 2 is 1.80 bits per heavy atom. The topological polar surface area (TPSA) is 42.4 Å². The average molecular weight is 485 g/mol. The molecule has 0 saturated heterocycles. The molecular formula is C30H32N2O2S. The van der Waals surface area contributed by atoms with Gasteiger partial charge in [-0.05, 0) is 65.8 Å². The molecule has 1 heterocycles. The highest BCUT2D eigenvalue weighted by Gasteiger charge is 2.18. The maximum absolute atomic E-state index is 12.6. The third kappa shape index (κ3) is 5.98. The van der Waals surface area contributed by atoms with Crippen molar-refractivity contribution in [2.75, 3.05) is 12.0 Å². The molecule has 0 aliphatic rings. The lowest BCUT2D eigenvalue weighted by atomic mass is 9.94. The molecule has 180 valence electrons. The molecule has 0 radical (unpaired) electrons. The molecule has 0 amide bonds. The van der Waals surface area contributed by atoms with Gasteiger partial charge in [-0.2, -0.15) is 0 Å². The van der Waals surface area contributed by atoms with Crippen molar-refractivity contribution in [2.45, 2.75) is 46.2 Å². The number of hydrogen-bond donors (Lipinski definition) is 0. The van der Waals surface area contributed by atoms with Crippen molar-refractivity contribution in [1.29, 1.82) is 0 Å². The molecule has 0 spiro atoms. The predicted molar refractivity (Wildman–Crippen MR) is 145 cm³/mol. The Morgan fingerprint density at radius 3 is 2.54 bits per heavy atom. The molecule has 0 aliphatic heterocycles. The average Bonchev–Trinajstić information content (AvgIpc) is 3.40. The van der Waals surface area contributed by atoms with E-state index in [0.717, 1.165) is 54.6 Å². The molecule has 0 unspecified atom stereocenters. The Balaban J connectivity index is 1.75. The van der Waals surface area contributed by atoms with Crippen LogP contribution >= 0.6 is 11.3 Å². The van der Waals surface area contributed by atoms with E-state index in [1.807, 2.05) is 36.0 Å². The molecule has 0 fully saturated rings. The van der Waals surface area contributed by atoms with Crippen LogP contribution in [-0.2, 0) is 24.2 Å². The van der Waals surface area contributed by atoms with Crippen LogP contribution in [0.1, 0.15) is 51.7 Å². The van der Waals surface area contributed by atoms with Crippen molar-refractivity contribution < 1.29 is 9.53 Å². The first-order valence-electron chi connectivity index (χ1n) is 12.1. The van der Waals surface area contributed by atoms with Gasteiger partial charge in [0.2, 0.25) is 0 Å². The van der Waals surface area contributed by atoms with E-state index in [0.29, 0.717) is 5.56 Å². The third-order valence-corrected chi connectivity index (χ3v) is 7.02. The fourth-order valence-corrected chi connectivity index (χ4v) is 5.04. The monoisotopic (exact) mass is 484 g/mol. The number of carbonyl (C=O) groups is 1. The molecule has 0 aliphatic carbocycles. The van der Waals surface area contributed by atoms with Crippen LogP contribution in [0.3, 0.4) is 0 Å². The number of unbranched alkanes of at least 4 members (excludes halogenated alkanes) is 1. The van der Waals surface area contributed by atoms with Crippen LogP contribution < -0.4 is 4.90 Å². The minimum Gasteiger partial charge on any atom is -0.465 e. The first-order chi connectivity index (χ1) is 17.1. The molecule has 4 aromatic rings. The predicted octanol–water partition coefficient (Wildman–Crippen LogP) is 7.45. The van der Waals surface area contributed by atoms with E-state index in [2.05, 4.69) is 66.2 Å². The number of benzene rings is 3. The summed E-state index contributed by atoms with van der Waals surface area (Å²) in [6.07, 6.45) is 5.33. The summed E-state index contributed by atoms with van der Waals surface area (Å²) >= 11 is 1.68. The number of thiazole rings is 1. The van der Waals surface area contributed by atoms with E-state index < -0.39 is 0 Å². The van der Waals surface area contributed by atoms with Crippen molar-refractivity contribution in [1.82, 2.24) is 4.98 Å². The summed E-state index contributed by atoms with van der Waals surface area (Å²) < 4.78 is 5.10. The summed E-state index contributed by atoms with van der Waals surface area (Å²) in [6, 6.07) is 23.0. The number of aromatic nitrogens is 1.